The molecule has 0 aromatic carbocycles. The lowest BCUT2D eigenvalue weighted by molar-refractivity contribution is 0.0298. The minimum absolute atomic E-state index is 0.135. The SMILES string of the molecule is C[C@H](NC(=O)c1cc(C(=O)N2CCOCC2)nn1C)[C@@H]1C[C@H]2CC[C@H]1C2. The van der Waals surface area contributed by atoms with Crippen molar-refractivity contribution in [1.29, 1.82) is 0 Å². The first-order chi connectivity index (χ1) is 12.5. The van der Waals surface area contributed by atoms with Crippen molar-refractivity contribution in [2.75, 3.05) is 26.3 Å². The molecule has 26 heavy (non-hydrogen) atoms. The molecule has 0 radical (unpaired) electrons. The fourth-order valence-electron chi connectivity index (χ4n) is 5.01. The molecule has 0 unspecified atom stereocenters. The average molecular weight is 360 g/mol. The molecule has 1 N–H and O–H groups in total. The van der Waals surface area contributed by atoms with E-state index in [0.717, 1.165) is 11.8 Å². The van der Waals surface area contributed by atoms with Crippen LogP contribution in [0.15, 0.2) is 6.07 Å². The number of ether oxygens (including phenoxy) is 1. The Morgan fingerprint density at radius 3 is 2.69 bits per heavy atom. The molecule has 1 aromatic heterocycles. The third-order valence-electron chi connectivity index (χ3n) is 6.42. The maximum Gasteiger partial charge on any atom is 0.274 e. The molecule has 2 heterocycles. The molecular weight excluding hydrogens is 332 g/mol. The Morgan fingerprint density at radius 1 is 1.27 bits per heavy atom. The highest BCUT2D eigenvalue weighted by atomic mass is 16.5. The number of carbonyl (C=O) groups excluding carboxylic acids is 2. The molecule has 1 aliphatic heterocycles. The number of nitrogens with zero attached hydrogens (tertiary/aromatic N) is 3. The summed E-state index contributed by atoms with van der Waals surface area (Å²) in [7, 11) is 1.72. The van der Waals surface area contributed by atoms with E-state index in [-0.39, 0.29) is 17.9 Å². The lowest BCUT2D eigenvalue weighted by Gasteiger charge is -2.28. The van der Waals surface area contributed by atoms with Crippen LogP contribution in [0.4, 0.5) is 0 Å². The van der Waals surface area contributed by atoms with Crippen molar-refractivity contribution in [3.63, 3.8) is 0 Å². The molecule has 7 heteroatoms. The van der Waals surface area contributed by atoms with Crippen molar-refractivity contribution >= 4 is 11.8 Å². The molecule has 2 bridgehead atoms. The zero-order valence-corrected chi connectivity index (χ0v) is 15.6. The van der Waals surface area contributed by atoms with E-state index >= 15 is 0 Å². The predicted molar refractivity (Wildman–Crippen MR) is 95.8 cm³/mol. The van der Waals surface area contributed by atoms with Gasteiger partial charge in [-0.15, -0.1) is 0 Å². The second-order valence-corrected chi connectivity index (χ2v) is 8.04. The summed E-state index contributed by atoms with van der Waals surface area (Å²) in [6.07, 6.45) is 5.23. The molecule has 142 valence electrons. The van der Waals surface area contributed by atoms with Gasteiger partial charge in [0.05, 0.1) is 13.2 Å². The Hall–Kier alpha value is -1.89. The van der Waals surface area contributed by atoms with Gasteiger partial charge in [0.25, 0.3) is 11.8 Å². The fraction of sp³-hybridized carbons (Fsp3) is 0.737. The van der Waals surface area contributed by atoms with Gasteiger partial charge in [0.15, 0.2) is 5.69 Å². The quantitative estimate of drug-likeness (QED) is 0.882. The molecule has 2 amide bonds. The Kier molecular flexibility index (Phi) is 4.73. The number of fused-ring (bicyclic) bond motifs is 2. The van der Waals surface area contributed by atoms with Crippen LogP contribution in [-0.2, 0) is 11.8 Å². The monoisotopic (exact) mass is 360 g/mol. The number of aryl methyl sites for hydroxylation is 1. The number of nitrogens with one attached hydrogen (secondary N) is 1. The van der Waals surface area contributed by atoms with E-state index in [1.165, 1.54) is 30.4 Å². The van der Waals surface area contributed by atoms with E-state index in [1.54, 1.807) is 18.0 Å². The van der Waals surface area contributed by atoms with Crippen molar-refractivity contribution in [3.8, 4) is 0 Å². The summed E-state index contributed by atoms with van der Waals surface area (Å²) in [4.78, 5) is 27.0. The van der Waals surface area contributed by atoms with Crippen LogP contribution in [-0.4, -0.2) is 58.8 Å². The first-order valence-electron chi connectivity index (χ1n) is 9.75. The Morgan fingerprint density at radius 2 is 2.04 bits per heavy atom. The molecule has 2 saturated carbocycles. The van der Waals surface area contributed by atoms with Crippen LogP contribution in [0, 0.1) is 17.8 Å². The van der Waals surface area contributed by atoms with E-state index < -0.39 is 0 Å². The molecule has 1 saturated heterocycles. The number of hydrogen-bond acceptors (Lipinski definition) is 4. The molecule has 0 spiro atoms. The van der Waals surface area contributed by atoms with Crippen LogP contribution < -0.4 is 5.32 Å². The number of carbonyl (C=O) groups is 2. The van der Waals surface area contributed by atoms with Gasteiger partial charge in [-0.25, -0.2) is 0 Å². The summed E-state index contributed by atoms with van der Waals surface area (Å²) >= 11 is 0. The standard InChI is InChI=1S/C19H28N4O3/c1-12(15-10-13-3-4-14(15)9-13)20-18(24)17-11-16(21-22(17)2)19(25)23-5-7-26-8-6-23/h11-15H,3-10H2,1-2H3,(H,20,24)/t12-,13-,14-,15-/m0/s1. The van der Waals surface area contributed by atoms with Gasteiger partial charge in [-0.1, -0.05) is 6.42 Å². The Bertz CT molecular complexity index is 695. The average Bonchev–Trinajstić information content (AvgIpc) is 3.37. The highest BCUT2D eigenvalue weighted by Gasteiger charge is 2.42. The fourth-order valence-corrected chi connectivity index (χ4v) is 5.01. The number of hydrogen-bond donors (Lipinski definition) is 1. The molecule has 3 fully saturated rings. The summed E-state index contributed by atoms with van der Waals surface area (Å²) in [5, 5.41) is 7.42. The third-order valence-corrected chi connectivity index (χ3v) is 6.42. The zero-order valence-electron chi connectivity index (χ0n) is 15.6. The van der Waals surface area contributed by atoms with Crippen LogP contribution in [0.1, 0.15) is 53.6 Å². The molecule has 4 atom stereocenters. The molecule has 3 aliphatic rings. The first kappa shape index (κ1) is 17.5. The van der Waals surface area contributed by atoms with Gasteiger partial charge < -0.3 is 15.0 Å². The number of amides is 2. The van der Waals surface area contributed by atoms with Crippen molar-refractivity contribution in [2.45, 2.75) is 38.6 Å². The Balaban J connectivity index is 1.41. The van der Waals surface area contributed by atoms with Crippen LogP contribution in [0.3, 0.4) is 0 Å². The molecule has 2 aliphatic carbocycles. The number of rotatable bonds is 4. The second-order valence-electron chi connectivity index (χ2n) is 8.04. The van der Waals surface area contributed by atoms with Crippen molar-refractivity contribution in [3.05, 3.63) is 17.5 Å². The van der Waals surface area contributed by atoms with Crippen LogP contribution >= 0.6 is 0 Å². The van der Waals surface area contributed by atoms with Gasteiger partial charge in [0.1, 0.15) is 5.69 Å². The summed E-state index contributed by atoms with van der Waals surface area (Å²) in [5.41, 5.74) is 0.767. The normalized spacial score (nSPS) is 29.0. The van der Waals surface area contributed by atoms with Gasteiger partial charge in [-0.05, 0) is 43.9 Å². The van der Waals surface area contributed by atoms with E-state index in [2.05, 4.69) is 17.3 Å². The van der Waals surface area contributed by atoms with Crippen LogP contribution in [0.25, 0.3) is 0 Å². The lowest BCUT2D eigenvalue weighted by atomic mass is 9.84. The Labute approximate surface area is 154 Å². The van der Waals surface area contributed by atoms with Crippen LogP contribution in [0.5, 0.6) is 0 Å². The summed E-state index contributed by atoms with van der Waals surface area (Å²) in [6, 6.07) is 1.77. The second kappa shape index (κ2) is 7.02. The highest BCUT2D eigenvalue weighted by Crippen LogP contribution is 2.49. The predicted octanol–water partition coefficient (Wildman–Crippen LogP) is 1.45. The lowest BCUT2D eigenvalue weighted by Crippen LogP contribution is -2.41. The van der Waals surface area contributed by atoms with Gasteiger partial charge in [0, 0.05) is 32.2 Å². The molecule has 7 nitrogen and oxygen atoms in total. The maximum absolute atomic E-state index is 12.7. The summed E-state index contributed by atoms with van der Waals surface area (Å²) in [6.45, 7) is 4.34. The minimum Gasteiger partial charge on any atom is -0.378 e. The topological polar surface area (TPSA) is 76.5 Å². The van der Waals surface area contributed by atoms with Crippen LogP contribution in [0.2, 0.25) is 0 Å². The van der Waals surface area contributed by atoms with Crippen molar-refractivity contribution in [1.82, 2.24) is 20.0 Å². The van der Waals surface area contributed by atoms with Gasteiger partial charge in [0.2, 0.25) is 0 Å². The number of morpholine rings is 1. The smallest absolute Gasteiger partial charge is 0.274 e. The van der Waals surface area contributed by atoms with E-state index in [9.17, 15) is 9.59 Å². The maximum atomic E-state index is 12.7. The minimum atomic E-state index is -0.142. The molecule has 4 rings (SSSR count). The van der Waals surface area contributed by atoms with Crippen molar-refractivity contribution < 1.29 is 14.3 Å². The molecular formula is C19H28N4O3. The van der Waals surface area contributed by atoms with E-state index in [4.69, 9.17) is 4.74 Å². The largest absolute Gasteiger partial charge is 0.378 e. The highest BCUT2D eigenvalue weighted by molar-refractivity contribution is 5.98. The van der Waals surface area contributed by atoms with E-state index in [0.29, 0.717) is 43.6 Å². The third kappa shape index (κ3) is 3.24. The zero-order chi connectivity index (χ0) is 18.3. The first-order valence-corrected chi connectivity index (χ1v) is 9.75. The van der Waals surface area contributed by atoms with Crippen molar-refractivity contribution in [2.24, 2.45) is 24.8 Å². The molecule has 1 aromatic rings. The summed E-state index contributed by atoms with van der Waals surface area (Å²) < 4.78 is 6.79. The van der Waals surface area contributed by atoms with Gasteiger partial charge >= 0.3 is 0 Å². The number of aromatic nitrogens is 2. The van der Waals surface area contributed by atoms with Gasteiger partial charge in [-0.2, -0.15) is 5.10 Å². The summed E-state index contributed by atoms with van der Waals surface area (Å²) in [5.74, 6) is 1.93. The van der Waals surface area contributed by atoms with E-state index in [1.807, 2.05) is 0 Å². The van der Waals surface area contributed by atoms with Gasteiger partial charge in [-0.3, -0.25) is 14.3 Å².